The van der Waals surface area contributed by atoms with E-state index < -0.39 is 5.97 Å². The fourth-order valence-corrected chi connectivity index (χ4v) is 6.14. The lowest BCUT2D eigenvalue weighted by atomic mass is 9.75. The summed E-state index contributed by atoms with van der Waals surface area (Å²) in [7, 11) is 0. The van der Waals surface area contributed by atoms with Crippen LogP contribution in [0.4, 0.5) is 10.5 Å². The van der Waals surface area contributed by atoms with Gasteiger partial charge in [-0.3, -0.25) is 0 Å². The monoisotopic (exact) mass is 420 g/mol. The Hall–Kier alpha value is -3.02. The molecular weight excluding hydrogens is 392 g/mol. The highest BCUT2D eigenvalue weighted by Gasteiger charge is 2.52. The first kappa shape index (κ1) is 19.9. The number of urea groups is 1. The van der Waals surface area contributed by atoms with Gasteiger partial charge in [0.2, 0.25) is 0 Å². The van der Waals surface area contributed by atoms with Crippen molar-refractivity contribution in [2.24, 2.45) is 17.8 Å². The van der Waals surface area contributed by atoms with Gasteiger partial charge in [0.1, 0.15) is 11.5 Å². The molecule has 4 atom stereocenters. The van der Waals surface area contributed by atoms with Crippen LogP contribution in [0, 0.1) is 17.8 Å². The molecule has 4 unspecified atom stereocenters. The Morgan fingerprint density at radius 2 is 1.77 bits per heavy atom. The van der Waals surface area contributed by atoms with Crippen molar-refractivity contribution in [2.45, 2.75) is 50.5 Å². The summed E-state index contributed by atoms with van der Waals surface area (Å²) < 4.78 is 5.74. The topological polar surface area (TPSA) is 87.7 Å². The predicted molar refractivity (Wildman–Crippen MR) is 118 cm³/mol. The maximum Gasteiger partial charge on any atom is 0.335 e. The standard InChI is InChI=1S/C25H28N2O4/c28-23(29)17-4-2-6-22(12-17)31-21-9-7-20(8-10-21)26-24(30)27-25-13-16-3-1-5-18(14-25)19(11-16)15-25/h2,4,6-10,12,16,18-19H,1,3,5,11,13-15H2,(H,28,29)(H2,26,27,30). The van der Waals surface area contributed by atoms with Crippen molar-refractivity contribution in [3.05, 3.63) is 54.1 Å². The Morgan fingerprint density at radius 1 is 0.968 bits per heavy atom. The zero-order valence-corrected chi connectivity index (χ0v) is 17.5. The molecule has 0 heterocycles. The number of nitrogens with one attached hydrogen (secondary N) is 2. The summed E-state index contributed by atoms with van der Waals surface area (Å²) in [5.41, 5.74) is 0.847. The number of carbonyl (C=O) groups excluding carboxylic acids is 1. The van der Waals surface area contributed by atoms with Gasteiger partial charge in [0, 0.05) is 11.2 Å². The second kappa shape index (κ2) is 7.91. The number of amides is 2. The van der Waals surface area contributed by atoms with Crippen LogP contribution in [0.5, 0.6) is 11.5 Å². The lowest BCUT2D eigenvalue weighted by molar-refractivity contribution is 0.0696. The van der Waals surface area contributed by atoms with Gasteiger partial charge in [-0.25, -0.2) is 9.59 Å². The van der Waals surface area contributed by atoms with Crippen LogP contribution < -0.4 is 15.4 Å². The summed E-state index contributed by atoms with van der Waals surface area (Å²) in [6.45, 7) is 0. The summed E-state index contributed by atoms with van der Waals surface area (Å²) in [4.78, 5) is 23.8. The van der Waals surface area contributed by atoms with Crippen molar-refractivity contribution in [1.82, 2.24) is 5.32 Å². The van der Waals surface area contributed by atoms with Crippen LogP contribution in [0.2, 0.25) is 0 Å². The minimum absolute atomic E-state index is 0.0268. The molecule has 31 heavy (non-hydrogen) atoms. The van der Waals surface area contributed by atoms with Gasteiger partial charge in [-0.2, -0.15) is 0 Å². The van der Waals surface area contributed by atoms with E-state index >= 15 is 0 Å². The third-order valence-corrected chi connectivity index (χ3v) is 7.28. The number of ether oxygens (including phenoxy) is 1. The number of carboxylic acids is 1. The number of carbonyl (C=O) groups is 2. The van der Waals surface area contributed by atoms with Crippen LogP contribution in [0.3, 0.4) is 0 Å². The van der Waals surface area contributed by atoms with E-state index in [0.29, 0.717) is 17.2 Å². The Balaban J connectivity index is 1.20. The van der Waals surface area contributed by atoms with Gasteiger partial charge < -0.3 is 20.5 Å². The van der Waals surface area contributed by atoms with Gasteiger partial charge in [-0.1, -0.05) is 25.3 Å². The highest BCUT2D eigenvalue weighted by Crippen LogP contribution is 2.55. The van der Waals surface area contributed by atoms with Crippen LogP contribution in [0.15, 0.2) is 48.5 Å². The van der Waals surface area contributed by atoms with Crippen molar-refractivity contribution < 1.29 is 19.4 Å². The molecule has 0 spiro atoms. The second-order valence-electron chi connectivity index (χ2n) is 9.48. The van der Waals surface area contributed by atoms with Crippen LogP contribution in [-0.4, -0.2) is 22.6 Å². The summed E-state index contributed by atoms with van der Waals surface area (Å²) >= 11 is 0. The molecule has 5 rings (SSSR count). The molecule has 3 saturated carbocycles. The van der Waals surface area contributed by atoms with E-state index in [1.807, 2.05) is 0 Å². The minimum atomic E-state index is -0.995. The first-order valence-corrected chi connectivity index (χ1v) is 11.2. The minimum Gasteiger partial charge on any atom is -0.478 e. The highest BCUT2D eigenvalue weighted by atomic mass is 16.5. The van der Waals surface area contributed by atoms with Crippen molar-refractivity contribution in [3.8, 4) is 11.5 Å². The fraction of sp³-hybridized carbons (Fsp3) is 0.440. The molecule has 6 nitrogen and oxygen atoms in total. The molecule has 2 aromatic rings. The summed E-state index contributed by atoms with van der Waals surface area (Å²) in [5, 5.41) is 15.4. The Labute approximate surface area is 182 Å². The third kappa shape index (κ3) is 4.24. The lowest BCUT2D eigenvalue weighted by Crippen LogP contribution is -2.51. The lowest BCUT2D eigenvalue weighted by Gasteiger charge is -2.38. The van der Waals surface area contributed by atoms with Crippen molar-refractivity contribution in [2.75, 3.05) is 5.32 Å². The normalized spacial score (nSPS) is 28.6. The van der Waals surface area contributed by atoms with E-state index in [2.05, 4.69) is 10.6 Å². The highest BCUT2D eigenvalue weighted by molar-refractivity contribution is 5.90. The second-order valence-corrected chi connectivity index (χ2v) is 9.48. The Kier molecular flexibility index (Phi) is 5.08. The van der Waals surface area contributed by atoms with Crippen LogP contribution in [-0.2, 0) is 0 Å². The van der Waals surface area contributed by atoms with Crippen LogP contribution in [0.25, 0.3) is 0 Å². The smallest absolute Gasteiger partial charge is 0.335 e. The maximum absolute atomic E-state index is 12.8. The molecule has 0 radical (unpaired) electrons. The van der Waals surface area contributed by atoms with E-state index in [1.165, 1.54) is 37.8 Å². The van der Waals surface area contributed by atoms with E-state index in [0.717, 1.165) is 37.0 Å². The number of anilines is 1. The van der Waals surface area contributed by atoms with E-state index in [-0.39, 0.29) is 17.1 Å². The molecule has 3 bridgehead atoms. The van der Waals surface area contributed by atoms with Crippen LogP contribution in [0.1, 0.15) is 55.3 Å². The van der Waals surface area contributed by atoms with Gasteiger partial charge in [-0.15, -0.1) is 0 Å². The summed E-state index contributed by atoms with van der Waals surface area (Å²) in [6, 6.07) is 13.3. The number of hydrogen-bond acceptors (Lipinski definition) is 3. The number of benzene rings is 2. The molecule has 3 N–H and O–H groups in total. The van der Waals surface area contributed by atoms with Crippen LogP contribution >= 0.6 is 0 Å². The molecule has 0 saturated heterocycles. The van der Waals surface area contributed by atoms with Gasteiger partial charge >= 0.3 is 12.0 Å². The van der Waals surface area contributed by atoms with Crippen molar-refractivity contribution >= 4 is 17.7 Å². The maximum atomic E-state index is 12.8. The van der Waals surface area contributed by atoms with E-state index in [4.69, 9.17) is 9.84 Å². The summed E-state index contributed by atoms with van der Waals surface area (Å²) in [5.74, 6) is 2.37. The summed E-state index contributed by atoms with van der Waals surface area (Å²) in [6.07, 6.45) is 8.72. The molecule has 3 aliphatic rings. The van der Waals surface area contributed by atoms with Gasteiger partial charge in [0.25, 0.3) is 0 Å². The van der Waals surface area contributed by atoms with E-state index in [1.54, 1.807) is 36.4 Å². The molecule has 2 aromatic carbocycles. The van der Waals surface area contributed by atoms with Gasteiger partial charge in [0.15, 0.2) is 0 Å². The number of fused-ring (bicyclic) bond motifs is 2. The first-order chi connectivity index (χ1) is 15.0. The zero-order chi connectivity index (χ0) is 21.4. The van der Waals surface area contributed by atoms with Crippen molar-refractivity contribution in [1.29, 1.82) is 0 Å². The number of carboxylic acid groups (broad SMARTS) is 1. The fourth-order valence-electron chi connectivity index (χ4n) is 6.14. The third-order valence-electron chi connectivity index (χ3n) is 7.28. The Bertz CT molecular complexity index is 985. The zero-order valence-electron chi connectivity index (χ0n) is 17.5. The number of rotatable bonds is 5. The molecule has 162 valence electrons. The molecule has 3 aliphatic carbocycles. The number of hydrogen-bond donors (Lipinski definition) is 3. The molecule has 3 fully saturated rings. The SMILES string of the molecule is O=C(Nc1ccc(Oc2cccc(C(=O)O)c2)cc1)NC12CC3CCCC(C1)C(C3)C2. The van der Waals surface area contributed by atoms with Gasteiger partial charge in [0.05, 0.1) is 5.56 Å². The van der Waals surface area contributed by atoms with Crippen molar-refractivity contribution in [3.63, 3.8) is 0 Å². The molecule has 2 amide bonds. The Morgan fingerprint density at radius 3 is 2.58 bits per heavy atom. The van der Waals surface area contributed by atoms with E-state index in [9.17, 15) is 9.59 Å². The first-order valence-electron chi connectivity index (χ1n) is 11.2. The molecular formula is C25H28N2O4. The average molecular weight is 421 g/mol. The quantitative estimate of drug-likeness (QED) is 0.583. The molecule has 0 aromatic heterocycles. The predicted octanol–water partition coefficient (Wildman–Crippen LogP) is 5.66. The molecule has 0 aliphatic heterocycles. The number of aromatic carboxylic acids is 1. The largest absolute Gasteiger partial charge is 0.478 e. The molecule has 6 heteroatoms. The average Bonchev–Trinajstić information content (AvgIpc) is 2.88. The van der Waals surface area contributed by atoms with Gasteiger partial charge in [-0.05, 0) is 85.9 Å².